The summed E-state index contributed by atoms with van der Waals surface area (Å²) in [7, 11) is -1.57. The van der Waals surface area contributed by atoms with Crippen molar-refractivity contribution >= 4 is 10.2 Å². The third-order valence-corrected chi connectivity index (χ3v) is 5.66. The van der Waals surface area contributed by atoms with Crippen LogP contribution in [0.5, 0.6) is 0 Å². The number of rotatable bonds is 7. The Kier molecular flexibility index (Phi) is 6.55. The average Bonchev–Trinajstić information content (AvgIpc) is 2.38. The third-order valence-electron chi connectivity index (χ3n) is 3.60. The van der Waals surface area contributed by atoms with E-state index in [0.29, 0.717) is 25.6 Å². The second kappa shape index (κ2) is 7.43. The second-order valence-corrected chi connectivity index (χ2v) is 7.00. The van der Waals surface area contributed by atoms with Gasteiger partial charge in [0.15, 0.2) is 0 Å². The maximum absolute atomic E-state index is 12.1. The van der Waals surface area contributed by atoms with Gasteiger partial charge in [0, 0.05) is 26.7 Å². The zero-order chi connectivity index (χ0) is 13.6. The van der Waals surface area contributed by atoms with Gasteiger partial charge in [0.05, 0.1) is 0 Å². The van der Waals surface area contributed by atoms with Crippen molar-refractivity contribution in [2.24, 2.45) is 5.92 Å². The molecule has 0 amide bonds. The standard InChI is InChI=1S/C12H27N3O2S/c1-4-8-13-11-12-6-9-15(10-7-12)18(16,17)14(3)5-2/h12-13H,4-11H2,1-3H3. The van der Waals surface area contributed by atoms with Crippen LogP contribution < -0.4 is 5.32 Å². The maximum Gasteiger partial charge on any atom is 0.281 e. The van der Waals surface area contributed by atoms with Crippen molar-refractivity contribution in [3.05, 3.63) is 0 Å². The molecule has 0 radical (unpaired) electrons. The van der Waals surface area contributed by atoms with Crippen LogP contribution in [0.25, 0.3) is 0 Å². The zero-order valence-electron chi connectivity index (χ0n) is 11.9. The molecule has 1 saturated heterocycles. The molecule has 0 bridgehead atoms. The van der Waals surface area contributed by atoms with Gasteiger partial charge in [-0.1, -0.05) is 13.8 Å². The van der Waals surface area contributed by atoms with Crippen molar-refractivity contribution in [2.45, 2.75) is 33.1 Å². The highest BCUT2D eigenvalue weighted by Crippen LogP contribution is 2.20. The lowest BCUT2D eigenvalue weighted by atomic mass is 9.98. The van der Waals surface area contributed by atoms with Gasteiger partial charge < -0.3 is 5.32 Å². The van der Waals surface area contributed by atoms with E-state index in [4.69, 9.17) is 0 Å². The first kappa shape index (κ1) is 15.9. The molecule has 0 unspecified atom stereocenters. The van der Waals surface area contributed by atoms with Gasteiger partial charge in [0.25, 0.3) is 10.2 Å². The summed E-state index contributed by atoms with van der Waals surface area (Å²) in [5.74, 6) is 0.620. The Hall–Kier alpha value is -0.170. The minimum atomic E-state index is -3.21. The smallest absolute Gasteiger partial charge is 0.281 e. The molecule has 0 atom stereocenters. The molecule has 1 N–H and O–H groups in total. The fraction of sp³-hybridized carbons (Fsp3) is 1.00. The molecule has 108 valence electrons. The molecular formula is C12H27N3O2S. The van der Waals surface area contributed by atoms with E-state index in [0.717, 1.165) is 32.4 Å². The van der Waals surface area contributed by atoms with Crippen molar-refractivity contribution in [3.8, 4) is 0 Å². The van der Waals surface area contributed by atoms with Gasteiger partial charge in [-0.3, -0.25) is 0 Å². The molecule has 0 saturated carbocycles. The monoisotopic (exact) mass is 277 g/mol. The molecule has 1 aliphatic heterocycles. The van der Waals surface area contributed by atoms with Gasteiger partial charge in [-0.2, -0.15) is 17.0 Å². The van der Waals surface area contributed by atoms with Gasteiger partial charge in [-0.15, -0.1) is 0 Å². The molecule has 6 heteroatoms. The van der Waals surface area contributed by atoms with Crippen molar-refractivity contribution in [3.63, 3.8) is 0 Å². The van der Waals surface area contributed by atoms with Crippen LogP contribution >= 0.6 is 0 Å². The van der Waals surface area contributed by atoms with Gasteiger partial charge in [-0.25, -0.2) is 0 Å². The summed E-state index contributed by atoms with van der Waals surface area (Å²) in [5, 5.41) is 3.41. The first-order valence-corrected chi connectivity index (χ1v) is 8.34. The molecule has 0 aromatic carbocycles. The molecule has 18 heavy (non-hydrogen) atoms. The van der Waals surface area contributed by atoms with Crippen LogP contribution in [0, 0.1) is 5.92 Å². The number of nitrogens with zero attached hydrogens (tertiary/aromatic N) is 2. The highest BCUT2D eigenvalue weighted by molar-refractivity contribution is 7.86. The first-order valence-electron chi connectivity index (χ1n) is 6.94. The van der Waals surface area contributed by atoms with Crippen LogP contribution in [0.4, 0.5) is 0 Å². The van der Waals surface area contributed by atoms with Crippen LogP contribution in [0.1, 0.15) is 33.1 Å². The second-order valence-electron chi connectivity index (χ2n) is 4.97. The quantitative estimate of drug-likeness (QED) is 0.703. The van der Waals surface area contributed by atoms with Crippen molar-refractivity contribution in [1.82, 2.24) is 13.9 Å². The fourth-order valence-electron chi connectivity index (χ4n) is 2.19. The van der Waals surface area contributed by atoms with E-state index in [2.05, 4.69) is 12.2 Å². The Labute approximate surface area is 112 Å². The summed E-state index contributed by atoms with van der Waals surface area (Å²) in [6.07, 6.45) is 3.08. The van der Waals surface area contributed by atoms with Crippen LogP contribution in [0.3, 0.4) is 0 Å². The summed E-state index contributed by atoms with van der Waals surface area (Å²) < 4.78 is 27.3. The lowest BCUT2D eigenvalue weighted by molar-refractivity contribution is 0.255. The summed E-state index contributed by atoms with van der Waals surface area (Å²) in [5.41, 5.74) is 0. The predicted molar refractivity (Wildman–Crippen MR) is 74.7 cm³/mol. The number of hydrogen-bond donors (Lipinski definition) is 1. The summed E-state index contributed by atoms with van der Waals surface area (Å²) in [6.45, 7) is 7.93. The Morgan fingerprint density at radius 1 is 1.28 bits per heavy atom. The molecule has 0 aliphatic carbocycles. The lowest BCUT2D eigenvalue weighted by Crippen LogP contribution is -2.46. The minimum Gasteiger partial charge on any atom is -0.316 e. The zero-order valence-corrected chi connectivity index (χ0v) is 12.7. The SMILES string of the molecule is CCCNCC1CCN(S(=O)(=O)N(C)CC)CC1. The largest absolute Gasteiger partial charge is 0.316 e. The topological polar surface area (TPSA) is 52.7 Å². The van der Waals surface area contributed by atoms with Gasteiger partial charge in [-0.05, 0) is 38.3 Å². The highest BCUT2D eigenvalue weighted by atomic mass is 32.2. The van der Waals surface area contributed by atoms with Gasteiger partial charge >= 0.3 is 0 Å². The minimum absolute atomic E-state index is 0.528. The summed E-state index contributed by atoms with van der Waals surface area (Å²) in [4.78, 5) is 0. The van der Waals surface area contributed by atoms with E-state index < -0.39 is 10.2 Å². The van der Waals surface area contributed by atoms with Crippen molar-refractivity contribution in [1.29, 1.82) is 0 Å². The average molecular weight is 277 g/mol. The van der Waals surface area contributed by atoms with E-state index in [-0.39, 0.29) is 0 Å². The van der Waals surface area contributed by atoms with Crippen molar-refractivity contribution < 1.29 is 8.42 Å². The molecule has 1 fully saturated rings. The number of hydrogen-bond acceptors (Lipinski definition) is 3. The molecule has 1 aliphatic rings. The predicted octanol–water partition coefficient (Wildman–Crippen LogP) is 0.895. The molecule has 5 nitrogen and oxygen atoms in total. The van der Waals surface area contributed by atoms with Gasteiger partial charge in [0.1, 0.15) is 0 Å². The Morgan fingerprint density at radius 3 is 2.39 bits per heavy atom. The molecule has 0 spiro atoms. The molecule has 1 heterocycles. The summed E-state index contributed by atoms with van der Waals surface area (Å²) in [6, 6.07) is 0. The molecule has 0 aromatic heterocycles. The van der Waals surface area contributed by atoms with E-state index in [1.165, 1.54) is 4.31 Å². The lowest BCUT2D eigenvalue weighted by Gasteiger charge is -2.33. The molecule has 0 aromatic rings. The first-order chi connectivity index (χ1) is 8.52. The molecule has 1 rings (SSSR count). The Bertz CT molecular complexity index is 324. The maximum atomic E-state index is 12.1. The van der Waals surface area contributed by atoms with E-state index >= 15 is 0 Å². The normalized spacial score (nSPS) is 19.6. The van der Waals surface area contributed by atoms with Crippen LogP contribution in [-0.4, -0.2) is 56.8 Å². The van der Waals surface area contributed by atoms with Crippen molar-refractivity contribution in [2.75, 3.05) is 39.8 Å². The highest BCUT2D eigenvalue weighted by Gasteiger charge is 2.30. The van der Waals surface area contributed by atoms with Crippen LogP contribution in [0.2, 0.25) is 0 Å². The van der Waals surface area contributed by atoms with Crippen LogP contribution in [-0.2, 0) is 10.2 Å². The van der Waals surface area contributed by atoms with E-state index in [9.17, 15) is 8.42 Å². The van der Waals surface area contributed by atoms with E-state index in [1.807, 2.05) is 6.92 Å². The summed E-state index contributed by atoms with van der Waals surface area (Å²) >= 11 is 0. The molecular weight excluding hydrogens is 250 g/mol. The van der Waals surface area contributed by atoms with Crippen LogP contribution in [0.15, 0.2) is 0 Å². The van der Waals surface area contributed by atoms with Gasteiger partial charge in [0.2, 0.25) is 0 Å². The Balaban J connectivity index is 2.39. The Morgan fingerprint density at radius 2 is 1.89 bits per heavy atom. The number of nitrogens with one attached hydrogen (secondary N) is 1. The fourth-order valence-corrected chi connectivity index (χ4v) is 3.58. The third kappa shape index (κ3) is 4.19. The van der Waals surface area contributed by atoms with E-state index in [1.54, 1.807) is 11.4 Å². The number of piperidine rings is 1.